The van der Waals surface area contributed by atoms with Gasteiger partial charge in [-0.25, -0.2) is 0 Å². The zero-order chi connectivity index (χ0) is 43.8. The number of hydrogen-bond donors (Lipinski definition) is 0. The van der Waals surface area contributed by atoms with Gasteiger partial charge in [-0.3, -0.25) is 14.4 Å². The van der Waals surface area contributed by atoms with Gasteiger partial charge in [-0.15, -0.1) is 0 Å². The molecule has 0 aliphatic heterocycles. The lowest BCUT2D eigenvalue weighted by Gasteiger charge is -2.18. The van der Waals surface area contributed by atoms with Crippen LogP contribution < -0.4 is 0 Å². The summed E-state index contributed by atoms with van der Waals surface area (Å²) >= 11 is 0. The van der Waals surface area contributed by atoms with E-state index in [0.717, 1.165) is 63.7 Å². The summed E-state index contributed by atoms with van der Waals surface area (Å²) in [6.45, 7) is 9.03. The van der Waals surface area contributed by atoms with Crippen molar-refractivity contribution < 1.29 is 28.6 Å². The summed E-state index contributed by atoms with van der Waals surface area (Å²) in [7, 11) is 0. The van der Waals surface area contributed by atoms with Crippen molar-refractivity contribution >= 4 is 17.9 Å². The second-order valence-electron chi connectivity index (χ2n) is 19.0. The molecule has 0 aliphatic rings. The number of ether oxygens (including phenoxy) is 3. The van der Waals surface area contributed by atoms with E-state index in [2.05, 4.69) is 27.7 Å². The van der Waals surface area contributed by atoms with Gasteiger partial charge in [0.2, 0.25) is 0 Å². The molecule has 6 nitrogen and oxygen atoms in total. The fraction of sp³-hybridized carbons (Fsp3) is 0.944. The normalized spacial score (nSPS) is 11.9. The molecule has 0 N–H and O–H groups in total. The SMILES string of the molecule is CCCCCCCCCCCCCCCCCCCC(=O)OC[C@H](COC(=O)CCCCCCCCCCCCC)OC(=O)CCCCCCCCCCCCCC(C)C. The van der Waals surface area contributed by atoms with E-state index < -0.39 is 6.10 Å². The predicted molar refractivity (Wildman–Crippen MR) is 257 cm³/mol. The Hall–Kier alpha value is -1.59. The minimum Gasteiger partial charge on any atom is -0.462 e. The lowest BCUT2D eigenvalue weighted by atomic mass is 10.0. The molecule has 0 fully saturated rings. The van der Waals surface area contributed by atoms with Crippen molar-refractivity contribution in [3.05, 3.63) is 0 Å². The summed E-state index contributed by atoms with van der Waals surface area (Å²) in [6, 6.07) is 0. The van der Waals surface area contributed by atoms with Crippen molar-refractivity contribution in [3.63, 3.8) is 0 Å². The predicted octanol–water partition coefficient (Wildman–Crippen LogP) is 17.5. The summed E-state index contributed by atoms with van der Waals surface area (Å²) in [5.74, 6) is -0.0176. The van der Waals surface area contributed by atoms with Crippen molar-refractivity contribution in [2.45, 2.75) is 310 Å². The van der Waals surface area contributed by atoms with Crippen LogP contribution in [0.15, 0.2) is 0 Å². The first kappa shape index (κ1) is 58.4. The first-order valence-corrected chi connectivity index (χ1v) is 26.9. The van der Waals surface area contributed by atoms with Crippen LogP contribution in [0, 0.1) is 5.92 Å². The van der Waals surface area contributed by atoms with Gasteiger partial charge >= 0.3 is 17.9 Å². The Kier molecular flexibility index (Phi) is 47.2. The Morgan fingerprint density at radius 3 is 0.817 bits per heavy atom. The van der Waals surface area contributed by atoms with Crippen LogP contribution in [0.1, 0.15) is 304 Å². The molecule has 0 radical (unpaired) electrons. The van der Waals surface area contributed by atoms with Crippen molar-refractivity contribution in [1.29, 1.82) is 0 Å². The Labute approximate surface area is 374 Å². The van der Waals surface area contributed by atoms with Crippen LogP contribution in [0.3, 0.4) is 0 Å². The number of carbonyl (C=O) groups is 3. The zero-order valence-electron chi connectivity index (χ0n) is 40.9. The Bertz CT molecular complexity index is 903. The fourth-order valence-electron chi connectivity index (χ4n) is 8.22. The molecule has 0 heterocycles. The van der Waals surface area contributed by atoms with Gasteiger partial charge in [-0.05, 0) is 25.2 Å². The minimum atomic E-state index is -0.761. The molecular weight excluding hydrogens is 745 g/mol. The number of hydrogen-bond acceptors (Lipinski definition) is 6. The summed E-state index contributed by atoms with van der Waals surface area (Å²) in [6.07, 6.45) is 50.9. The van der Waals surface area contributed by atoms with E-state index in [4.69, 9.17) is 14.2 Å². The first-order valence-electron chi connectivity index (χ1n) is 26.9. The van der Waals surface area contributed by atoms with E-state index in [1.165, 1.54) is 199 Å². The second kappa shape index (κ2) is 48.4. The van der Waals surface area contributed by atoms with E-state index in [-0.39, 0.29) is 31.1 Å². The van der Waals surface area contributed by atoms with Crippen LogP contribution in [-0.4, -0.2) is 37.2 Å². The van der Waals surface area contributed by atoms with E-state index in [9.17, 15) is 14.4 Å². The van der Waals surface area contributed by atoms with Crippen molar-refractivity contribution in [2.75, 3.05) is 13.2 Å². The maximum Gasteiger partial charge on any atom is 0.306 e. The summed E-state index contributed by atoms with van der Waals surface area (Å²) in [4.78, 5) is 38.0. The van der Waals surface area contributed by atoms with E-state index in [1.807, 2.05) is 0 Å². The highest BCUT2D eigenvalue weighted by Crippen LogP contribution is 2.17. The molecule has 0 rings (SSSR count). The maximum absolute atomic E-state index is 12.8. The average Bonchev–Trinajstić information content (AvgIpc) is 3.23. The zero-order valence-corrected chi connectivity index (χ0v) is 40.9. The smallest absolute Gasteiger partial charge is 0.306 e. The van der Waals surface area contributed by atoms with E-state index >= 15 is 0 Å². The van der Waals surface area contributed by atoms with Crippen molar-refractivity contribution in [1.82, 2.24) is 0 Å². The number of unbranched alkanes of at least 4 members (excludes halogenated alkanes) is 36. The van der Waals surface area contributed by atoms with Gasteiger partial charge < -0.3 is 14.2 Å². The summed E-state index contributed by atoms with van der Waals surface area (Å²) in [5.41, 5.74) is 0. The molecule has 0 spiro atoms. The lowest BCUT2D eigenvalue weighted by molar-refractivity contribution is -0.167. The number of carbonyl (C=O) groups excluding carboxylic acids is 3. The molecule has 0 amide bonds. The van der Waals surface area contributed by atoms with Gasteiger partial charge in [0.1, 0.15) is 13.2 Å². The average molecular weight is 849 g/mol. The molecule has 0 aliphatic carbocycles. The third kappa shape index (κ3) is 47.5. The minimum absolute atomic E-state index is 0.0625. The van der Waals surface area contributed by atoms with Gasteiger partial charge in [0.15, 0.2) is 6.10 Å². The molecule has 0 unspecified atom stereocenters. The van der Waals surface area contributed by atoms with E-state index in [1.54, 1.807) is 0 Å². The molecule has 0 saturated carbocycles. The summed E-state index contributed by atoms with van der Waals surface area (Å²) in [5, 5.41) is 0. The van der Waals surface area contributed by atoms with Crippen molar-refractivity contribution in [3.8, 4) is 0 Å². The number of esters is 3. The standard InChI is InChI=1S/C54H104O6/c1-5-7-9-11-13-15-17-18-19-20-21-22-26-30-34-38-42-46-53(56)59-49-51(48-58-52(55)45-41-37-33-29-24-16-14-12-10-8-6-2)60-54(57)47-43-39-35-31-27-23-25-28-32-36-40-44-50(3)4/h50-51H,5-49H2,1-4H3/t51-/m0/s1. The van der Waals surface area contributed by atoms with Gasteiger partial charge in [0, 0.05) is 19.3 Å². The second-order valence-corrected chi connectivity index (χ2v) is 19.0. The van der Waals surface area contributed by atoms with Crippen LogP contribution in [0.25, 0.3) is 0 Å². The number of rotatable bonds is 49. The van der Waals surface area contributed by atoms with Gasteiger partial charge in [-0.1, -0.05) is 265 Å². The third-order valence-electron chi connectivity index (χ3n) is 12.3. The fourth-order valence-corrected chi connectivity index (χ4v) is 8.22. The van der Waals surface area contributed by atoms with Gasteiger partial charge in [-0.2, -0.15) is 0 Å². The topological polar surface area (TPSA) is 78.9 Å². The molecule has 356 valence electrons. The molecule has 60 heavy (non-hydrogen) atoms. The first-order chi connectivity index (χ1) is 29.4. The van der Waals surface area contributed by atoms with Crippen LogP contribution in [0.4, 0.5) is 0 Å². The molecule has 1 atom stereocenters. The van der Waals surface area contributed by atoms with Crippen molar-refractivity contribution in [2.24, 2.45) is 5.92 Å². The molecule has 0 aromatic heterocycles. The lowest BCUT2D eigenvalue weighted by Crippen LogP contribution is -2.30. The molecule has 0 aromatic rings. The Morgan fingerprint density at radius 1 is 0.317 bits per heavy atom. The monoisotopic (exact) mass is 849 g/mol. The highest BCUT2D eigenvalue weighted by Gasteiger charge is 2.19. The molecular formula is C54H104O6. The van der Waals surface area contributed by atoms with Crippen LogP contribution in [0.2, 0.25) is 0 Å². The Morgan fingerprint density at radius 2 is 0.550 bits per heavy atom. The van der Waals surface area contributed by atoms with Gasteiger partial charge in [0.25, 0.3) is 0 Å². The largest absolute Gasteiger partial charge is 0.462 e. The maximum atomic E-state index is 12.8. The quantitative estimate of drug-likeness (QED) is 0.0345. The molecule has 6 heteroatoms. The molecule has 0 bridgehead atoms. The highest BCUT2D eigenvalue weighted by atomic mass is 16.6. The van der Waals surface area contributed by atoms with Crippen LogP contribution in [-0.2, 0) is 28.6 Å². The van der Waals surface area contributed by atoms with E-state index in [0.29, 0.717) is 19.3 Å². The molecule has 0 saturated heterocycles. The third-order valence-corrected chi connectivity index (χ3v) is 12.3. The van der Waals surface area contributed by atoms with Crippen LogP contribution >= 0.6 is 0 Å². The van der Waals surface area contributed by atoms with Gasteiger partial charge in [0.05, 0.1) is 0 Å². The van der Waals surface area contributed by atoms with Crippen LogP contribution in [0.5, 0.6) is 0 Å². The Balaban J connectivity index is 4.28. The molecule has 0 aromatic carbocycles. The summed E-state index contributed by atoms with van der Waals surface area (Å²) < 4.78 is 16.8. The highest BCUT2D eigenvalue weighted by molar-refractivity contribution is 5.71.